The van der Waals surface area contributed by atoms with Crippen LogP contribution in [0.1, 0.15) is 19.4 Å². The van der Waals surface area contributed by atoms with Gasteiger partial charge >= 0.3 is 5.97 Å². The van der Waals surface area contributed by atoms with E-state index in [0.29, 0.717) is 10.0 Å². The Hall–Kier alpha value is -2.00. The molecule has 0 unspecified atom stereocenters. The molecule has 134 valence electrons. The Morgan fingerprint density at radius 1 is 1.44 bits per heavy atom. The number of rotatable bonds is 5. The summed E-state index contributed by atoms with van der Waals surface area (Å²) in [5.41, 5.74) is 0.552. The lowest BCUT2D eigenvalue weighted by Crippen LogP contribution is -2.42. The van der Waals surface area contributed by atoms with Gasteiger partial charge in [0.15, 0.2) is 11.5 Å². The van der Waals surface area contributed by atoms with Gasteiger partial charge in [0.25, 0.3) is 11.1 Å². The van der Waals surface area contributed by atoms with Gasteiger partial charge in [-0.25, -0.2) is 4.79 Å². The van der Waals surface area contributed by atoms with Crippen LogP contribution in [0.15, 0.2) is 21.5 Å². The van der Waals surface area contributed by atoms with Crippen molar-refractivity contribution in [1.82, 2.24) is 4.90 Å². The van der Waals surface area contributed by atoms with E-state index in [2.05, 4.69) is 15.9 Å². The number of phenolic OH excluding ortho intramolecular Hbond substituents is 1. The van der Waals surface area contributed by atoms with Gasteiger partial charge in [-0.05, 0) is 65.3 Å². The van der Waals surface area contributed by atoms with Crippen LogP contribution in [0.4, 0.5) is 4.79 Å². The molecule has 2 amide bonds. The third-order valence-corrected chi connectivity index (χ3v) is 4.90. The van der Waals surface area contributed by atoms with Gasteiger partial charge in [-0.1, -0.05) is 0 Å². The van der Waals surface area contributed by atoms with Gasteiger partial charge in [-0.2, -0.15) is 0 Å². The van der Waals surface area contributed by atoms with Crippen molar-refractivity contribution in [3.63, 3.8) is 0 Å². The molecule has 1 saturated heterocycles. The molecule has 1 aromatic carbocycles. The molecule has 9 heteroatoms. The molecule has 0 spiro atoms. The lowest BCUT2D eigenvalue weighted by atomic mass is 10.1. The Morgan fingerprint density at radius 3 is 2.72 bits per heavy atom. The topological polar surface area (TPSA) is 93.1 Å². The molecule has 0 bridgehead atoms. The number of imide groups is 1. The fourth-order valence-corrected chi connectivity index (χ4v) is 3.53. The molecular weight excluding hydrogens is 414 g/mol. The number of nitrogens with zero attached hydrogens (tertiary/aromatic N) is 1. The van der Waals surface area contributed by atoms with E-state index in [9.17, 15) is 19.5 Å². The lowest BCUT2D eigenvalue weighted by molar-refractivity contribution is -0.150. The number of hydrogen-bond acceptors (Lipinski definition) is 7. The molecule has 0 aromatic heterocycles. The van der Waals surface area contributed by atoms with E-state index in [-0.39, 0.29) is 23.0 Å². The average molecular weight is 430 g/mol. The van der Waals surface area contributed by atoms with Crippen LogP contribution in [-0.2, 0) is 14.3 Å². The molecule has 7 nitrogen and oxygen atoms in total. The molecule has 1 aliphatic heterocycles. The van der Waals surface area contributed by atoms with Gasteiger partial charge in [-0.15, -0.1) is 0 Å². The van der Waals surface area contributed by atoms with Gasteiger partial charge < -0.3 is 14.6 Å². The van der Waals surface area contributed by atoms with Crippen LogP contribution >= 0.6 is 27.7 Å². The van der Waals surface area contributed by atoms with Crippen molar-refractivity contribution in [2.45, 2.75) is 19.9 Å². The summed E-state index contributed by atoms with van der Waals surface area (Å²) in [4.78, 5) is 37.5. The highest BCUT2D eigenvalue weighted by Crippen LogP contribution is 2.38. The van der Waals surface area contributed by atoms with Gasteiger partial charge in [0, 0.05) is 0 Å². The lowest BCUT2D eigenvalue weighted by Gasteiger charge is -2.19. The third-order valence-electron chi connectivity index (χ3n) is 3.41. The van der Waals surface area contributed by atoms with Crippen molar-refractivity contribution in [1.29, 1.82) is 0 Å². The number of hydrogen-bond donors (Lipinski definition) is 1. The van der Waals surface area contributed by atoms with Crippen molar-refractivity contribution in [2.24, 2.45) is 0 Å². The van der Waals surface area contributed by atoms with Crippen LogP contribution < -0.4 is 4.74 Å². The smallest absolute Gasteiger partial charge is 0.329 e. The summed E-state index contributed by atoms with van der Waals surface area (Å²) in [7, 11) is 1.40. The fraction of sp³-hybridized carbons (Fsp3) is 0.312. The third kappa shape index (κ3) is 3.98. The standard InChI is InChI=1S/C16H16BrNO6S/c1-4-24-15(21)8(2)18-14(20)12(25-16(18)22)7-9-5-10(17)13(19)11(6-9)23-3/h5-8,19H,4H2,1-3H3/b12-7+/t8-/m0/s1. The zero-order valence-electron chi connectivity index (χ0n) is 13.7. The summed E-state index contributed by atoms with van der Waals surface area (Å²) in [6.45, 7) is 3.25. The van der Waals surface area contributed by atoms with E-state index >= 15 is 0 Å². The summed E-state index contributed by atoms with van der Waals surface area (Å²) in [6.07, 6.45) is 1.50. The predicted octanol–water partition coefficient (Wildman–Crippen LogP) is 3.15. The van der Waals surface area contributed by atoms with Crippen molar-refractivity contribution in [3.05, 3.63) is 27.1 Å². The summed E-state index contributed by atoms with van der Waals surface area (Å²) in [5, 5.41) is 9.28. The SMILES string of the molecule is CCOC(=O)[C@H](C)N1C(=O)S/C(=C/c2cc(Br)c(O)c(OC)c2)C1=O. The summed E-state index contributed by atoms with van der Waals surface area (Å²) in [6, 6.07) is 2.11. The molecule has 1 aliphatic rings. The number of carbonyl (C=O) groups is 3. The second-order valence-corrected chi connectivity index (χ2v) is 6.88. The maximum Gasteiger partial charge on any atom is 0.329 e. The van der Waals surface area contributed by atoms with Crippen LogP contribution in [0, 0.1) is 0 Å². The molecule has 0 saturated carbocycles. The first-order valence-electron chi connectivity index (χ1n) is 7.30. The van der Waals surface area contributed by atoms with E-state index < -0.39 is 23.2 Å². The number of ether oxygens (including phenoxy) is 2. The van der Waals surface area contributed by atoms with Crippen molar-refractivity contribution >= 4 is 50.9 Å². The van der Waals surface area contributed by atoms with Gasteiger partial charge in [0.1, 0.15) is 6.04 Å². The Morgan fingerprint density at radius 2 is 2.12 bits per heavy atom. The monoisotopic (exact) mass is 429 g/mol. The quantitative estimate of drug-likeness (QED) is 0.567. The molecule has 25 heavy (non-hydrogen) atoms. The number of thioether (sulfide) groups is 1. The Balaban J connectivity index is 2.32. The molecule has 1 aromatic rings. The maximum absolute atomic E-state index is 12.5. The van der Waals surface area contributed by atoms with E-state index in [1.165, 1.54) is 26.2 Å². The average Bonchev–Trinajstić information content (AvgIpc) is 2.84. The molecule has 1 N–H and O–H groups in total. The van der Waals surface area contributed by atoms with Crippen LogP contribution in [0.2, 0.25) is 0 Å². The molecule has 0 radical (unpaired) electrons. The molecule has 0 aliphatic carbocycles. The second kappa shape index (κ2) is 7.92. The van der Waals surface area contributed by atoms with Gasteiger partial charge in [0.05, 0.1) is 23.1 Å². The second-order valence-electron chi connectivity index (χ2n) is 5.03. The first-order valence-corrected chi connectivity index (χ1v) is 8.91. The number of benzene rings is 1. The van der Waals surface area contributed by atoms with E-state index in [4.69, 9.17) is 9.47 Å². The molecular formula is C16H16BrNO6S. The highest BCUT2D eigenvalue weighted by molar-refractivity contribution is 9.10. The number of halogens is 1. The fourth-order valence-electron chi connectivity index (χ4n) is 2.17. The van der Waals surface area contributed by atoms with Gasteiger partial charge in [0.2, 0.25) is 0 Å². The zero-order valence-corrected chi connectivity index (χ0v) is 16.1. The normalized spacial score (nSPS) is 17.1. The molecule has 2 rings (SSSR count). The number of aromatic hydroxyl groups is 1. The number of carbonyl (C=O) groups excluding carboxylic acids is 3. The number of esters is 1. The predicted molar refractivity (Wildman–Crippen MR) is 96.3 cm³/mol. The summed E-state index contributed by atoms with van der Waals surface area (Å²) >= 11 is 3.93. The van der Waals surface area contributed by atoms with Crippen molar-refractivity contribution in [2.75, 3.05) is 13.7 Å². The summed E-state index contributed by atoms with van der Waals surface area (Å²) in [5.74, 6) is -1.05. The first-order chi connectivity index (χ1) is 11.8. The van der Waals surface area contributed by atoms with Crippen molar-refractivity contribution < 1.29 is 29.0 Å². The summed E-state index contributed by atoms with van der Waals surface area (Å²) < 4.78 is 10.3. The van der Waals surface area contributed by atoms with Crippen LogP contribution in [-0.4, -0.2) is 46.9 Å². The minimum atomic E-state index is -1.00. The van der Waals surface area contributed by atoms with E-state index in [1.807, 2.05) is 0 Å². The van der Waals surface area contributed by atoms with Crippen LogP contribution in [0.3, 0.4) is 0 Å². The highest BCUT2D eigenvalue weighted by Gasteiger charge is 2.41. The zero-order chi connectivity index (χ0) is 18.7. The molecule has 1 heterocycles. The minimum Gasteiger partial charge on any atom is -0.503 e. The van der Waals surface area contributed by atoms with Crippen molar-refractivity contribution in [3.8, 4) is 11.5 Å². The first kappa shape index (κ1) is 19.3. The van der Waals surface area contributed by atoms with E-state index in [1.54, 1.807) is 13.0 Å². The Labute approximate surface area is 157 Å². The highest BCUT2D eigenvalue weighted by atomic mass is 79.9. The van der Waals surface area contributed by atoms with Crippen LogP contribution in [0.25, 0.3) is 6.08 Å². The molecule has 1 fully saturated rings. The number of methoxy groups -OCH3 is 1. The largest absolute Gasteiger partial charge is 0.503 e. The van der Waals surface area contributed by atoms with Gasteiger partial charge in [-0.3, -0.25) is 14.5 Å². The number of phenols is 1. The number of amides is 2. The minimum absolute atomic E-state index is 0.0660. The van der Waals surface area contributed by atoms with E-state index in [0.717, 1.165) is 16.7 Å². The Bertz CT molecular complexity index is 763. The Kier molecular flexibility index (Phi) is 6.12. The molecule has 1 atom stereocenters. The van der Waals surface area contributed by atoms with Crippen LogP contribution in [0.5, 0.6) is 11.5 Å². The maximum atomic E-state index is 12.5.